The zero-order chi connectivity index (χ0) is 18.6. The second kappa shape index (κ2) is 7.41. The van der Waals surface area contributed by atoms with Gasteiger partial charge in [-0.3, -0.25) is 9.48 Å². The standard InChI is InChI=1S/C22H20N4O/c1-26-20-10-6-5-9-18(20)19(25-26)15-22(27)24-21-14-17(11-12-23-21)13-16-7-3-2-4-8-16/h2-12,14H,13,15H2,1H3,(H,23,24,27). The van der Waals surface area contributed by atoms with Gasteiger partial charge in [0.2, 0.25) is 5.91 Å². The second-order valence-corrected chi connectivity index (χ2v) is 6.52. The Morgan fingerprint density at radius 1 is 1.00 bits per heavy atom. The summed E-state index contributed by atoms with van der Waals surface area (Å²) >= 11 is 0. The van der Waals surface area contributed by atoms with Gasteiger partial charge in [0, 0.05) is 18.6 Å². The SMILES string of the molecule is Cn1nc(CC(=O)Nc2cc(Cc3ccccc3)ccn2)c2ccccc21. The van der Waals surface area contributed by atoms with E-state index in [1.54, 1.807) is 10.9 Å². The number of rotatable bonds is 5. The predicted molar refractivity (Wildman–Crippen MR) is 107 cm³/mol. The Bertz CT molecular complexity index is 1090. The molecule has 0 aliphatic rings. The van der Waals surface area contributed by atoms with Gasteiger partial charge in [0.05, 0.1) is 17.6 Å². The van der Waals surface area contributed by atoms with Crippen molar-refractivity contribution in [3.05, 3.63) is 89.7 Å². The Kier molecular flexibility index (Phi) is 4.66. The molecule has 0 fully saturated rings. The van der Waals surface area contributed by atoms with E-state index in [1.165, 1.54) is 5.56 Å². The zero-order valence-corrected chi connectivity index (χ0v) is 15.1. The number of aryl methyl sites for hydroxylation is 1. The number of fused-ring (bicyclic) bond motifs is 1. The average molecular weight is 356 g/mol. The minimum Gasteiger partial charge on any atom is -0.310 e. The number of para-hydroxylation sites is 1. The molecule has 2 aromatic heterocycles. The molecule has 134 valence electrons. The van der Waals surface area contributed by atoms with Gasteiger partial charge in [0.1, 0.15) is 5.82 Å². The minimum absolute atomic E-state index is 0.122. The van der Waals surface area contributed by atoms with Crippen LogP contribution < -0.4 is 5.32 Å². The fourth-order valence-electron chi connectivity index (χ4n) is 3.24. The molecule has 27 heavy (non-hydrogen) atoms. The van der Waals surface area contributed by atoms with E-state index in [4.69, 9.17) is 0 Å². The van der Waals surface area contributed by atoms with E-state index in [2.05, 4.69) is 27.5 Å². The summed E-state index contributed by atoms with van der Waals surface area (Å²) in [4.78, 5) is 16.8. The quantitative estimate of drug-likeness (QED) is 0.593. The molecule has 0 aliphatic carbocycles. The molecule has 0 saturated carbocycles. The van der Waals surface area contributed by atoms with E-state index in [9.17, 15) is 4.79 Å². The largest absolute Gasteiger partial charge is 0.310 e. The predicted octanol–water partition coefficient (Wildman–Crippen LogP) is 3.74. The molecule has 2 heterocycles. The molecule has 1 amide bonds. The van der Waals surface area contributed by atoms with Crippen molar-refractivity contribution in [2.45, 2.75) is 12.8 Å². The maximum Gasteiger partial charge on any atom is 0.231 e. The molecule has 4 aromatic rings. The maximum absolute atomic E-state index is 12.5. The van der Waals surface area contributed by atoms with Crippen LogP contribution in [0.1, 0.15) is 16.8 Å². The first-order valence-electron chi connectivity index (χ1n) is 8.88. The van der Waals surface area contributed by atoms with E-state index in [0.717, 1.165) is 28.6 Å². The smallest absolute Gasteiger partial charge is 0.231 e. The molecular weight excluding hydrogens is 336 g/mol. The van der Waals surface area contributed by atoms with Crippen LogP contribution in [0.15, 0.2) is 72.9 Å². The van der Waals surface area contributed by atoms with Crippen molar-refractivity contribution in [3.63, 3.8) is 0 Å². The Morgan fingerprint density at radius 2 is 1.78 bits per heavy atom. The Balaban J connectivity index is 1.47. The van der Waals surface area contributed by atoms with Gasteiger partial charge in [-0.15, -0.1) is 0 Å². The number of carbonyl (C=O) groups is 1. The van der Waals surface area contributed by atoms with Crippen LogP contribution >= 0.6 is 0 Å². The number of nitrogens with zero attached hydrogens (tertiary/aromatic N) is 3. The highest BCUT2D eigenvalue weighted by Crippen LogP contribution is 2.18. The van der Waals surface area contributed by atoms with Crippen molar-refractivity contribution >= 4 is 22.6 Å². The highest BCUT2D eigenvalue weighted by molar-refractivity contribution is 5.94. The van der Waals surface area contributed by atoms with Gasteiger partial charge in [-0.2, -0.15) is 5.10 Å². The van der Waals surface area contributed by atoms with Gasteiger partial charge in [-0.05, 0) is 35.7 Å². The number of hydrogen-bond acceptors (Lipinski definition) is 3. The number of carbonyl (C=O) groups excluding carboxylic acids is 1. The molecule has 0 radical (unpaired) electrons. The Hall–Kier alpha value is -3.47. The summed E-state index contributed by atoms with van der Waals surface area (Å²) in [5.41, 5.74) is 4.12. The van der Waals surface area contributed by atoms with E-state index in [-0.39, 0.29) is 12.3 Å². The molecule has 5 heteroatoms. The first-order valence-corrected chi connectivity index (χ1v) is 8.88. The van der Waals surface area contributed by atoms with Gasteiger partial charge in [-0.25, -0.2) is 4.98 Å². The molecule has 0 aliphatic heterocycles. The zero-order valence-electron chi connectivity index (χ0n) is 15.1. The number of nitrogens with one attached hydrogen (secondary N) is 1. The van der Waals surface area contributed by atoms with Crippen molar-refractivity contribution in [1.29, 1.82) is 0 Å². The van der Waals surface area contributed by atoms with Crippen molar-refractivity contribution < 1.29 is 4.79 Å². The molecule has 2 aromatic carbocycles. The Morgan fingerprint density at radius 3 is 2.63 bits per heavy atom. The summed E-state index contributed by atoms with van der Waals surface area (Å²) in [5, 5.41) is 8.37. The lowest BCUT2D eigenvalue weighted by Crippen LogP contribution is -2.16. The fraction of sp³-hybridized carbons (Fsp3) is 0.136. The Labute approximate surface area is 157 Å². The third kappa shape index (κ3) is 3.87. The van der Waals surface area contributed by atoms with E-state index in [1.807, 2.05) is 61.6 Å². The molecule has 0 spiro atoms. The maximum atomic E-state index is 12.5. The van der Waals surface area contributed by atoms with Crippen LogP contribution in [0.2, 0.25) is 0 Å². The first-order chi connectivity index (χ1) is 13.2. The number of aromatic nitrogens is 3. The van der Waals surface area contributed by atoms with Gasteiger partial charge >= 0.3 is 0 Å². The summed E-state index contributed by atoms with van der Waals surface area (Å²) in [5.74, 6) is 0.442. The third-order valence-electron chi connectivity index (χ3n) is 4.51. The third-order valence-corrected chi connectivity index (χ3v) is 4.51. The summed E-state index contributed by atoms with van der Waals surface area (Å²) in [6.07, 6.45) is 2.74. The van der Waals surface area contributed by atoms with Crippen molar-refractivity contribution in [1.82, 2.24) is 14.8 Å². The van der Waals surface area contributed by atoms with Crippen molar-refractivity contribution in [2.24, 2.45) is 7.05 Å². The topological polar surface area (TPSA) is 59.8 Å². The highest BCUT2D eigenvalue weighted by Gasteiger charge is 2.13. The monoisotopic (exact) mass is 356 g/mol. The number of pyridine rings is 1. The summed E-state index contributed by atoms with van der Waals surface area (Å²) < 4.78 is 1.80. The molecular formula is C22H20N4O. The number of anilines is 1. The van der Waals surface area contributed by atoms with Crippen LogP contribution in [0.5, 0.6) is 0 Å². The summed E-state index contributed by atoms with van der Waals surface area (Å²) in [6.45, 7) is 0. The molecule has 1 N–H and O–H groups in total. The normalized spacial score (nSPS) is 10.9. The van der Waals surface area contributed by atoms with Crippen molar-refractivity contribution in [2.75, 3.05) is 5.32 Å². The second-order valence-electron chi connectivity index (χ2n) is 6.52. The highest BCUT2D eigenvalue weighted by atomic mass is 16.1. The van der Waals surface area contributed by atoms with Crippen LogP contribution in [-0.2, 0) is 24.7 Å². The molecule has 0 saturated heterocycles. The number of amides is 1. The van der Waals surface area contributed by atoms with Gasteiger partial charge in [-0.1, -0.05) is 48.5 Å². The minimum atomic E-state index is -0.122. The summed E-state index contributed by atoms with van der Waals surface area (Å²) in [7, 11) is 1.89. The van der Waals surface area contributed by atoms with Crippen LogP contribution in [0, 0.1) is 0 Å². The first kappa shape index (κ1) is 17.0. The molecule has 0 bridgehead atoms. The van der Waals surface area contributed by atoms with Crippen LogP contribution in [0.3, 0.4) is 0 Å². The van der Waals surface area contributed by atoms with Crippen LogP contribution in [0.25, 0.3) is 10.9 Å². The molecule has 0 unspecified atom stereocenters. The van der Waals surface area contributed by atoms with Gasteiger partial charge in [0.15, 0.2) is 0 Å². The van der Waals surface area contributed by atoms with Crippen LogP contribution in [-0.4, -0.2) is 20.7 Å². The lowest BCUT2D eigenvalue weighted by atomic mass is 10.1. The van der Waals surface area contributed by atoms with Gasteiger partial charge < -0.3 is 5.32 Å². The molecule has 0 atom stereocenters. The fourth-order valence-corrected chi connectivity index (χ4v) is 3.24. The molecule has 4 rings (SSSR count). The average Bonchev–Trinajstić information content (AvgIpc) is 2.99. The lowest BCUT2D eigenvalue weighted by molar-refractivity contribution is -0.115. The number of hydrogen-bond donors (Lipinski definition) is 1. The number of benzene rings is 2. The van der Waals surface area contributed by atoms with E-state index in [0.29, 0.717) is 5.82 Å². The van der Waals surface area contributed by atoms with Gasteiger partial charge in [0.25, 0.3) is 0 Å². The van der Waals surface area contributed by atoms with Crippen molar-refractivity contribution in [3.8, 4) is 0 Å². The lowest BCUT2D eigenvalue weighted by Gasteiger charge is -2.06. The van der Waals surface area contributed by atoms with E-state index >= 15 is 0 Å². The summed E-state index contributed by atoms with van der Waals surface area (Å²) in [6, 6.07) is 22.0. The van der Waals surface area contributed by atoms with E-state index < -0.39 is 0 Å². The van der Waals surface area contributed by atoms with Crippen LogP contribution in [0.4, 0.5) is 5.82 Å². The molecule has 5 nitrogen and oxygen atoms in total.